The van der Waals surface area contributed by atoms with Crippen molar-refractivity contribution in [1.82, 2.24) is 15.0 Å². The Labute approximate surface area is 180 Å². The van der Waals surface area contributed by atoms with E-state index in [1.54, 1.807) is 68.5 Å². The molecular weight excluding hydrogens is 394 g/mol. The number of hydrogen-bond donors (Lipinski definition) is 0. The van der Waals surface area contributed by atoms with Crippen LogP contribution in [0.1, 0.15) is 35.6 Å². The number of aromatic nitrogens is 3. The molecule has 0 aromatic carbocycles. The van der Waals surface area contributed by atoms with E-state index in [1.165, 1.54) is 7.11 Å². The number of rotatable bonds is 5. The predicted molar refractivity (Wildman–Crippen MR) is 114 cm³/mol. The summed E-state index contributed by atoms with van der Waals surface area (Å²) in [5, 5.41) is 9.40. The van der Waals surface area contributed by atoms with Crippen LogP contribution in [-0.2, 0) is 12.0 Å². The summed E-state index contributed by atoms with van der Waals surface area (Å²) in [5.41, 5.74) is 2.47. The van der Waals surface area contributed by atoms with Crippen LogP contribution in [0.25, 0.3) is 11.3 Å². The Balaban J connectivity index is 1.67. The first-order valence-corrected chi connectivity index (χ1v) is 9.67. The molecule has 0 unspecified atom stereocenters. The SMILES string of the molecule is COc1cc(-c2ccc3c(n2)CN(c2cccc(C(C)(C)C#N)n2)C3=O)cnc1OC. The van der Waals surface area contributed by atoms with Crippen molar-refractivity contribution >= 4 is 11.7 Å². The minimum atomic E-state index is -0.753. The van der Waals surface area contributed by atoms with Crippen LogP contribution in [0.4, 0.5) is 5.82 Å². The predicted octanol–water partition coefficient (Wildman–Crippen LogP) is 3.52. The van der Waals surface area contributed by atoms with E-state index >= 15 is 0 Å². The molecule has 3 aromatic heterocycles. The summed E-state index contributed by atoms with van der Waals surface area (Å²) in [6.45, 7) is 3.89. The average Bonchev–Trinajstić information content (AvgIpc) is 3.14. The number of anilines is 1. The van der Waals surface area contributed by atoms with Gasteiger partial charge in [0.1, 0.15) is 5.82 Å². The summed E-state index contributed by atoms with van der Waals surface area (Å²) in [5.74, 6) is 1.22. The quantitative estimate of drug-likeness (QED) is 0.628. The largest absolute Gasteiger partial charge is 0.491 e. The Morgan fingerprint density at radius 3 is 2.65 bits per heavy atom. The summed E-state index contributed by atoms with van der Waals surface area (Å²) in [7, 11) is 3.07. The van der Waals surface area contributed by atoms with E-state index in [2.05, 4.69) is 21.0 Å². The van der Waals surface area contributed by atoms with Gasteiger partial charge in [-0.25, -0.2) is 9.97 Å². The molecule has 1 amide bonds. The molecule has 1 aliphatic rings. The summed E-state index contributed by atoms with van der Waals surface area (Å²) >= 11 is 0. The van der Waals surface area contributed by atoms with Gasteiger partial charge < -0.3 is 9.47 Å². The average molecular weight is 415 g/mol. The number of methoxy groups -OCH3 is 2. The van der Waals surface area contributed by atoms with Crippen molar-refractivity contribution in [3.05, 3.63) is 59.5 Å². The lowest BCUT2D eigenvalue weighted by molar-refractivity contribution is 0.0996. The molecule has 0 saturated heterocycles. The Bertz CT molecular complexity index is 1220. The molecule has 8 nitrogen and oxygen atoms in total. The topological polar surface area (TPSA) is 101 Å². The minimum Gasteiger partial charge on any atom is -0.491 e. The van der Waals surface area contributed by atoms with Gasteiger partial charge in [-0.15, -0.1) is 0 Å². The summed E-state index contributed by atoms with van der Waals surface area (Å²) in [6.07, 6.45) is 1.65. The van der Waals surface area contributed by atoms with Crippen LogP contribution in [0, 0.1) is 11.3 Å². The molecule has 0 fully saturated rings. The van der Waals surface area contributed by atoms with Gasteiger partial charge in [-0.1, -0.05) is 6.07 Å². The van der Waals surface area contributed by atoms with Gasteiger partial charge in [-0.05, 0) is 44.2 Å². The van der Waals surface area contributed by atoms with Crippen LogP contribution in [0.15, 0.2) is 42.6 Å². The number of hydrogen-bond acceptors (Lipinski definition) is 7. The van der Waals surface area contributed by atoms with Crippen molar-refractivity contribution in [3.63, 3.8) is 0 Å². The third kappa shape index (κ3) is 3.55. The maximum absolute atomic E-state index is 13.0. The number of pyridine rings is 3. The fourth-order valence-electron chi connectivity index (χ4n) is 3.38. The van der Waals surface area contributed by atoms with Crippen molar-refractivity contribution in [1.29, 1.82) is 5.26 Å². The van der Waals surface area contributed by atoms with Gasteiger partial charge in [-0.3, -0.25) is 14.7 Å². The maximum atomic E-state index is 13.0. The molecule has 1 aliphatic heterocycles. The third-order valence-corrected chi connectivity index (χ3v) is 5.22. The monoisotopic (exact) mass is 415 g/mol. The second-order valence-electron chi connectivity index (χ2n) is 7.64. The summed E-state index contributed by atoms with van der Waals surface area (Å²) in [4.78, 5) is 28.1. The molecule has 4 rings (SSSR count). The fraction of sp³-hybridized carbons (Fsp3) is 0.261. The maximum Gasteiger partial charge on any atom is 0.261 e. The van der Waals surface area contributed by atoms with Crippen LogP contribution >= 0.6 is 0 Å². The van der Waals surface area contributed by atoms with Gasteiger partial charge in [0.15, 0.2) is 5.75 Å². The molecule has 0 spiro atoms. The molecule has 3 aromatic rings. The highest BCUT2D eigenvalue weighted by molar-refractivity contribution is 6.09. The molecule has 0 aliphatic carbocycles. The molecular formula is C23H21N5O3. The molecule has 8 heteroatoms. The van der Waals surface area contributed by atoms with Crippen molar-refractivity contribution < 1.29 is 14.3 Å². The van der Waals surface area contributed by atoms with E-state index in [1.807, 2.05) is 0 Å². The van der Waals surface area contributed by atoms with Gasteiger partial charge >= 0.3 is 0 Å². The molecule has 4 heterocycles. The number of amides is 1. The molecule has 0 bridgehead atoms. The number of nitriles is 1. The highest BCUT2D eigenvalue weighted by Gasteiger charge is 2.32. The van der Waals surface area contributed by atoms with Crippen molar-refractivity contribution in [2.45, 2.75) is 25.8 Å². The van der Waals surface area contributed by atoms with E-state index < -0.39 is 5.41 Å². The van der Waals surface area contributed by atoms with E-state index in [0.717, 1.165) is 5.56 Å². The van der Waals surface area contributed by atoms with E-state index in [0.29, 0.717) is 46.6 Å². The highest BCUT2D eigenvalue weighted by Crippen LogP contribution is 2.32. The van der Waals surface area contributed by atoms with E-state index in [-0.39, 0.29) is 5.91 Å². The molecule has 156 valence electrons. The second kappa shape index (κ2) is 7.69. The third-order valence-electron chi connectivity index (χ3n) is 5.22. The zero-order chi connectivity index (χ0) is 22.2. The van der Waals surface area contributed by atoms with Crippen LogP contribution in [0.3, 0.4) is 0 Å². The van der Waals surface area contributed by atoms with Gasteiger partial charge in [0.25, 0.3) is 11.8 Å². The lowest BCUT2D eigenvalue weighted by Gasteiger charge is -2.19. The lowest BCUT2D eigenvalue weighted by atomic mass is 9.91. The van der Waals surface area contributed by atoms with Crippen LogP contribution in [-0.4, -0.2) is 35.1 Å². The zero-order valence-electron chi connectivity index (χ0n) is 17.7. The summed E-state index contributed by atoms with van der Waals surface area (Å²) in [6, 6.07) is 12.9. The van der Waals surface area contributed by atoms with Crippen molar-refractivity contribution in [2.24, 2.45) is 0 Å². The Kier molecular flexibility index (Phi) is 5.03. The Morgan fingerprint density at radius 1 is 1.13 bits per heavy atom. The van der Waals surface area contributed by atoms with Gasteiger partial charge in [0, 0.05) is 11.8 Å². The lowest BCUT2D eigenvalue weighted by Crippen LogP contribution is -2.25. The van der Waals surface area contributed by atoms with Gasteiger partial charge in [0.2, 0.25) is 0 Å². The normalized spacial score (nSPS) is 13.0. The van der Waals surface area contributed by atoms with Crippen molar-refractivity contribution in [3.8, 4) is 29.0 Å². The Hall–Kier alpha value is -3.99. The van der Waals surface area contributed by atoms with E-state index in [4.69, 9.17) is 9.47 Å². The molecule has 0 saturated carbocycles. The minimum absolute atomic E-state index is 0.168. The summed E-state index contributed by atoms with van der Waals surface area (Å²) < 4.78 is 10.5. The number of ether oxygens (including phenoxy) is 2. The second-order valence-corrected chi connectivity index (χ2v) is 7.64. The van der Waals surface area contributed by atoms with E-state index in [9.17, 15) is 10.1 Å². The molecule has 0 N–H and O–H groups in total. The first-order valence-electron chi connectivity index (χ1n) is 9.67. The standard InChI is InChI=1S/C23H21N5O3/c1-23(2,13-24)19-6-5-7-20(27-19)28-12-17-15(22(28)29)8-9-16(26-17)14-10-18(30-3)21(31-4)25-11-14/h5-11H,12H2,1-4H3. The van der Waals surface area contributed by atoms with Gasteiger partial charge in [-0.2, -0.15) is 5.26 Å². The van der Waals surface area contributed by atoms with Gasteiger partial charge in [0.05, 0.1) is 54.9 Å². The Morgan fingerprint density at radius 2 is 1.94 bits per heavy atom. The van der Waals surface area contributed by atoms with Crippen molar-refractivity contribution in [2.75, 3.05) is 19.1 Å². The number of fused-ring (bicyclic) bond motifs is 1. The fourth-order valence-corrected chi connectivity index (χ4v) is 3.38. The zero-order valence-corrected chi connectivity index (χ0v) is 17.7. The number of carbonyl (C=O) groups is 1. The highest BCUT2D eigenvalue weighted by atomic mass is 16.5. The molecule has 0 atom stereocenters. The van der Waals surface area contributed by atoms with Crippen LogP contribution < -0.4 is 14.4 Å². The smallest absolute Gasteiger partial charge is 0.261 e. The molecule has 0 radical (unpaired) electrons. The first-order chi connectivity index (χ1) is 14.9. The number of carbonyl (C=O) groups excluding carboxylic acids is 1. The first kappa shape index (κ1) is 20.3. The molecule has 31 heavy (non-hydrogen) atoms. The van der Waals surface area contributed by atoms with Crippen LogP contribution in [0.5, 0.6) is 11.6 Å². The number of nitrogens with zero attached hydrogens (tertiary/aromatic N) is 5. The van der Waals surface area contributed by atoms with Crippen LogP contribution in [0.2, 0.25) is 0 Å².